The maximum Gasteiger partial charge on any atom is 0.148 e. The van der Waals surface area contributed by atoms with Crippen LogP contribution in [0.2, 0.25) is 0 Å². The summed E-state index contributed by atoms with van der Waals surface area (Å²) in [5, 5.41) is 14.3. The first-order valence-corrected chi connectivity index (χ1v) is 7.07. The number of benzene rings is 2. The van der Waals surface area contributed by atoms with Crippen LogP contribution in [0.1, 0.15) is 0 Å². The van der Waals surface area contributed by atoms with Crippen molar-refractivity contribution in [2.75, 3.05) is 32.7 Å². The summed E-state index contributed by atoms with van der Waals surface area (Å²) in [4.78, 5) is 4.71. The number of anilines is 1. The molecule has 3 rings (SSSR count). The Morgan fingerprint density at radius 1 is 1.09 bits per heavy atom. The minimum Gasteiger partial charge on any atom is -0.497 e. The minimum atomic E-state index is 0.0548. The van der Waals surface area contributed by atoms with Crippen molar-refractivity contribution in [2.45, 2.75) is 0 Å². The highest BCUT2D eigenvalue weighted by Gasteiger charge is 2.14. The van der Waals surface area contributed by atoms with Crippen molar-refractivity contribution in [1.82, 2.24) is 4.98 Å². The number of hydrogen-bond donors (Lipinski definition) is 2. The van der Waals surface area contributed by atoms with Gasteiger partial charge < -0.3 is 19.9 Å². The molecule has 0 aliphatic rings. The summed E-state index contributed by atoms with van der Waals surface area (Å²) in [6, 6.07) is 11.6. The lowest BCUT2D eigenvalue weighted by molar-refractivity contribution is 0.311. The van der Waals surface area contributed by atoms with Gasteiger partial charge >= 0.3 is 0 Å². The number of para-hydroxylation sites is 1. The Balaban J connectivity index is 2.39. The summed E-state index contributed by atoms with van der Waals surface area (Å²) < 4.78 is 10.8. The molecule has 0 fully saturated rings. The van der Waals surface area contributed by atoms with E-state index in [0.29, 0.717) is 18.0 Å². The summed E-state index contributed by atoms with van der Waals surface area (Å²) in [5.41, 5.74) is 2.56. The van der Waals surface area contributed by atoms with Gasteiger partial charge in [-0.3, -0.25) is 0 Å². The number of pyridine rings is 1. The third-order valence-electron chi connectivity index (χ3n) is 3.59. The van der Waals surface area contributed by atoms with Crippen LogP contribution in [0.3, 0.4) is 0 Å². The van der Waals surface area contributed by atoms with Crippen molar-refractivity contribution >= 4 is 27.5 Å². The third-order valence-corrected chi connectivity index (χ3v) is 3.59. The molecule has 0 aliphatic carbocycles. The fourth-order valence-electron chi connectivity index (χ4n) is 2.58. The average molecular weight is 298 g/mol. The van der Waals surface area contributed by atoms with E-state index in [1.165, 1.54) is 0 Å². The molecule has 1 aromatic heterocycles. The Labute approximate surface area is 128 Å². The van der Waals surface area contributed by atoms with Gasteiger partial charge in [-0.05, 0) is 12.1 Å². The van der Waals surface area contributed by atoms with Crippen molar-refractivity contribution in [3.8, 4) is 11.5 Å². The number of methoxy groups -OCH3 is 2. The number of fused-ring (bicyclic) bond motifs is 2. The Kier molecular flexibility index (Phi) is 3.98. The van der Waals surface area contributed by atoms with Gasteiger partial charge in [0.25, 0.3) is 0 Å². The van der Waals surface area contributed by atoms with Gasteiger partial charge in [-0.25, -0.2) is 4.98 Å². The van der Waals surface area contributed by atoms with Gasteiger partial charge in [0.1, 0.15) is 17.0 Å². The topological polar surface area (TPSA) is 63.6 Å². The molecule has 22 heavy (non-hydrogen) atoms. The van der Waals surface area contributed by atoms with Crippen LogP contribution in [-0.2, 0) is 0 Å². The molecule has 0 saturated carbocycles. The molecule has 2 aromatic carbocycles. The molecule has 5 nitrogen and oxygen atoms in total. The number of rotatable bonds is 5. The van der Waals surface area contributed by atoms with Gasteiger partial charge in [0.2, 0.25) is 0 Å². The lowest BCUT2D eigenvalue weighted by Crippen LogP contribution is -2.07. The monoisotopic (exact) mass is 298 g/mol. The second kappa shape index (κ2) is 6.07. The molecular formula is C17H18N2O3. The predicted molar refractivity (Wildman–Crippen MR) is 87.9 cm³/mol. The van der Waals surface area contributed by atoms with E-state index >= 15 is 0 Å². The van der Waals surface area contributed by atoms with Crippen LogP contribution in [0, 0.1) is 0 Å². The fourth-order valence-corrected chi connectivity index (χ4v) is 2.58. The normalized spacial score (nSPS) is 10.9. The molecule has 0 amide bonds. The van der Waals surface area contributed by atoms with Gasteiger partial charge in [0.05, 0.1) is 32.0 Å². The van der Waals surface area contributed by atoms with Crippen LogP contribution in [0.25, 0.3) is 21.8 Å². The van der Waals surface area contributed by atoms with Crippen LogP contribution in [0.4, 0.5) is 5.69 Å². The number of aliphatic hydroxyl groups excluding tert-OH is 1. The first-order chi connectivity index (χ1) is 10.8. The van der Waals surface area contributed by atoms with Gasteiger partial charge in [0, 0.05) is 23.4 Å². The Bertz CT molecular complexity index is 818. The van der Waals surface area contributed by atoms with Crippen LogP contribution in [0.5, 0.6) is 11.5 Å². The van der Waals surface area contributed by atoms with Gasteiger partial charge in [-0.15, -0.1) is 0 Å². The number of nitrogens with zero attached hydrogens (tertiary/aromatic N) is 1. The zero-order chi connectivity index (χ0) is 15.5. The summed E-state index contributed by atoms with van der Waals surface area (Å²) in [6.45, 7) is 0.516. The van der Waals surface area contributed by atoms with Crippen LogP contribution < -0.4 is 14.8 Å². The first-order valence-electron chi connectivity index (χ1n) is 7.07. The zero-order valence-electron chi connectivity index (χ0n) is 12.6. The summed E-state index contributed by atoms with van der Waals surface area (Å²) >= 11 is 0. The zero-order valence-corrected chi connectivity index (χ0v) is 12.6. The lowest BCUT2D eigenvalue weighted by Gasteiger charge is -2.15. The molecule has 0 aliphatic heterocycles. The van der Waals surface area contributed by atoms with E-state index in [4.69, 9.17) is 19.6 Å². The molecule has 3 aromatic rings. The molecule has 5 heteroatoms. The van der Waals surface area contributed by atoms with E-state index < -0.39 is 0 Å². The van der Waals surface area contributed by atoms with E-state index in [-0.39, 0.29) is 6.61 Å². The Morgan fingerprint density at radius 3 is 2.64 bits per heavy atom. The summed E-state index contributed by atoms with van der Waals surface area (Å²) in [7, 11) is 3.24. The van der Waals surface area contributed by atoms with E-state index in [1.54, 1.807) is 14.2 Å². The van der Waals surface area contributed by atoms with E-state index in [1.807, 2.05) is 36.4 Å². The summed E-state index contributed by atoms with van der Waals surface area (Å²) in [5.74, 6) is 1.36. The highest BCUT2D eigenvalue weighted by atomic mass is 16.5. The van der Waals surface area contributed by atoms with Crippen molar-refractivity contribution in [2.24, 2.45) is 0 Å². The van der Waals surface area contributed by atoms with Crippen molar-refractivity contribution in [3.63, 3.8) is 0 Å². The molecule has 0 saturated heterocycles. The molecule has 0 spiro atoms. The second-order valence-electron chi connectivity index (χ2n) is 4.88. The molecule has 2 N–H and O–H groups in total. The highest BCUT2D eigenvalue weighted by molar-refractivity contribution is 6.09. The number of hydrogen-bond acceptors (Lipinski definition) is 5. The summed E-state index contributed by atoms with van der Waals surface area (Å²) in [6.07, 6.45) is 0. The first kappa shape index (κ1) is 14.4. The number of ether oxygens (including phenoxy) is 2. The largest absolute Gasteiger partial charge is 0.497 e. The van der Waals surface area contributed by atoms with E-state index in [9.17, 15) is 0 Å². The van der Waals surface area contributed by atoms with Crippen LogP contribution >= 0.6 is 0 Å². The van der Waals surface area contributed by atoms with Gasteiger partial charge in [0.15, 0.2) is 0 Å². The third kappa shape index (κ3) is 2.40. The smallest absolute Gasteiger partial charge is 0.148 e. The Hall–Kier alpha value is -2.53. The molecule has 0 bridgehead atoms. The van der Waals surface area contributed by atoms with Crippen LogP contribution in [0.15, 0.2) is 36.4 Å². The number of aromatic nitrogens is 1. The van der Waals surface area contributed by atoms with Crippen LogP contribution in [-0.4, -0.2) is 37.5 Å². The quantitative estimate of drug-likeness (QED) is 0.709. The van der Waals surface area contributed by atoms with E-state index in [0.717, 1.165) is 27.5 Å². The number of nitrogens with one attached hydrogen (secondary N) is 1. The molecule has 0 unspecified atom stereocenters. The molecule has 0 radical (unpaired) electrons. The van der Waals surface area contributed by atoms with Gasteiger partial charge in [-0.2, -0.15) is 0 Å². The highest BCUT2D eigenvalue weighted by Crippen LogP contribution is 2.37. The van der Waals surface area contributed by atoms with Crippen molar-refractivity contribution in [3.05, 3.63) is 36.4 Å². The minimum absolute atomic E-state index is 0.0548. The molecular weight excluding hydrogens is 280 g/mol. The maximum absolute atomic E-state index is 9.15. The van der Waals surface area contributed by atoms with Crippen molar-refractivity contribution < 1.29 is 14.6 Å². The second-order valence-corrected chi connectivity index (χ2v) is 4.88. The standard InChI is InChI=1S/C17H18N2O3/c1-21-11-9-13-16(18-7-8-20)12-5-3-4-6-14(12)19-17(13)15(10-11)22-2/h3-6,9-10,20H,7-8H2,1-2H3,(H,18,19). The Morgan fingerprint density at radius 2 is 1.91 bits per heavy atom. The van der Waals surface area contributed by atoms with Crippen molar-refractivity contribution in [1.29, 1.82) is 0 Å². The predicted octanol–water partition coefficient (Wildman–Crippen LogP) is 2.81. The molecule has 114 valence electrons. The maximum atomic E-state index is 9.15. The van der Waals surface area contributed by atoms with Gasteiger partial charge in [-0.1, -0.05) is 18.2 Å². The van der Waals surface area contributed by atoms with E-state index in [2.05, 4.69) is 5.32 Å². The fraction of sp³-hybridized carbons (Fsp3) is 0.235. The molecule has 1 heterocycles. The lowest BCUT2D eigenvalue weighted by atomic mass is 10.1. The SMILES string of the molecule is COc1cc(OC)c2nc3ccccc3c(NCCO)c2c1. The number of aliphatic hydroxyl groups is 1. The average Bonchev–Trinajstić information content (AvgIpc) is 2.57. The molecule has 0 atom stereocenters.